The lowest BCUT2D eigenvalue weighted by Crippen LogP contribution is -2.14. The van der Waals surface area contributed by atoms with Gasteiger partial charge in [0.1, 0.15) is 5.75 Å². The van der Waals surface area contributed by atoms with Crippen molar-refractivity contribution in [3.63, 3.8) is 0 Å². The molecule has 2 aliphatic carbocycles. The highest BCUT2D eigenvalue weighted by Gasteiger charge is 2.47. The Kier molecular flexibility index (Phi) is 6.75. The Morgan fingerprint density at radius 2 is 1.72 bits per heavy atom. The van der Waals surface area contributed by atoms with Crippen LogP contribution in [0.25, 0.3) is 11.1 Å². The molecule has 0 unspecified atom stereocenters. The number of thioether (sulfide) groups is 1. The van der Waals surface area contributed by atoms with Crippen molar-refractivity contribution >= 4 is 23.4 Å². The van der Waals surface area contributed by atoms with Gasteiger partial charge in [0.25, 0.3) is 0 Å². The lowest BCUT2D eigenvalue weighted by molar-refractivity contribution is 0.0174. The van der Waals surface area contributed by atoms with Crippen molar-refractivity contribution in [1.82, 2.24) is 4.98 Å². The first kappa shape index (κ1) is 23.6. The summed E-state index contributed by atoms with van der Waals surface area (Å²) in [5.41, 5.74) is 5.35. The van der Waals surface area contributed by atoms with Crippen LogP contribution in [0.1, 0.15) is 42.4 Å². The second kappa shape index (κ2) is 10.3. The standard InChI is InChI=1S/C31H28ClNO2S/c32-29-18-25(36-21-22-6-2-1-3-7-22)13-10-23(29)20-34-31(15-16-31)28-19-33-17-14-26(28)27-8-4-5-9-30(27)35-24-11-12-24/h1-10,13-14,17-19,24H,11-12,15-16,20-21H2. The summed E-state index contributed by atoms with van der Waals surface area (Å²) in [5.74, 6) is 1.86. The summed E-state index contributed by atoms with van der Waals surface area (Å²) in [5, 5.41) is 0.749. The molecule has 6 rings (SSSR count). The number of ether oxygens (including phenoxy) is 2. The predicted molar refractivity (Wildman–Crippen MR) is 146 cm³/mol. The van der Waals surface area contributed by atoms with Crippen LogP contribution in [0.15, 0.2) is 96.2 Å². The maximum absolute atomic E-state index is 6.69. The minimum Gasteiger partial charge on any atom is -0.490 e. The SMILES string of the molecule is Clc1cc(SCc2ccccc2)ccc1COC1(c2cnccc2-c2ccccc2OC2CC2)CC1. The van der Waals surface area contributed by atoms with Crippen LogP contribution in [0.5, 0.6) is 5.75 Å². The average Bonchev–Trinajstić information content (AvgIpc) is 3.85. The summed E-state index contributed by atoms with van der Waals surface area (Å²) in [7, 11) is 0. The second-order valence-electron chi connectivity index (χ2n) is 9.55. The molecule has 1 aromatic heterocycles. The fourth-order valence-electron chi connectivity index (χ4n) is 4.45. The van der Waals surface area contributed by atoms with Crippen molar-refractivity contribution in [2.45, 2.75) is 54.6 Å². The molecular formula is C31H28ClNO2S. The molecule has 0 saturated heterocycles. The van der Waals surface area contributed by atoms with Crippen LogP contribution >= 0.6 is 23.4 Å². The molecule has 0 spiro atoms. The van der Waals surface area contributed by atoms with Gasteiger partial charge in [-0.1, -0.05) is 66.2 Å². The minimum atomic E-state index is -0.333. The van der Waals surface area contributed by atoms with Crippen molar-refractivity contribution in [3.05, 3.63) is 113 Å². The van der Waals surface area contributed by atoms with E-state index in [-0.39, 0.29) is 5.60 Å². The number of hydrogen-bond donors (Lipinski definition) is 0. The molecule has 0 N–H and O–H groups in total. The van der Waals surface area contributed by atoms with E-state index >= 15 is 0 Å². The molecule has 0 aliphatic heterocycles. The molecule has 5 heteroatoms. The highest BCUT2D eigenvalue weighted by molar-refractivity contribution is 7.98. The van der Waals surface area contributed by atoms with E-state index in [2.05, 4.69) is 65.6 Å². The number of aromatic nitrogens is 1. The summed E-state index contributed by atoms with van der Waals surface area (Å²) in [6.07, 6.45) is 8.37. The van der Waals surface area contributed by atoms with Crippen LogP contribution in [0.2, 0.25) is 5.02 Å². The van der Waals surface area contributed by atoms with Gasteiger partial charge in [0.15, 0.2) is 0 Å². The Labute approximate surface area is 221 Å². The van der Waals surface area contributed by atoms with Gasteiger partial charge in [-0.25, -0.2) is 0 Å². The third-order valence-corrected chi connectivity index (χ3v) is 8.20. The number of pyridine rings is 1. The van der Waals surface area contributed by atoms with Gasteiger partial charge in [0.2, 0.25) is 0 Å². The number of para-hydroxylation sites is 1. The van der Waals surface area contributed by atoms with Crippen LogP contribution in [0.4, 0.5) is 0 Å². The summed E-state index contributed by atoms with van der Waals surface area (Å²) in [6, 6.07) is 27.1. The smallest absolute Gasteiger partial charge is 0.127 e. The van der Waals surface area contributed by atoms with Crippen LogP contribution in [0, 0.1) is 0 Å². The Balaban J connectivity index is 1.17. The van der Waals surface area contributed by atoms with Gasteiger partial charge < -0.3 is 9.47 Å². The summed E-state index contributed by atoms with van der Waals surface area (Å²) in [4.78, 5) is 5.62. The van der Waals surface area contributed by atoms with Crippen LogP contribution in [-0.2, 0) is 22.7 Å². The zero-order valence-electron chi connectivity index (χ0n) is 20.0. The molecule has 0 atom stereocenters. The molecule has 2 aliphatic rings. The van der Waals surface area contributed by atoms with E-state index in [1.54, 1.807) is 11.8 Å². The van der Waals surface area contributed by atoms with E-state index in [0.717, 1.165) is 69.4 Å². The number of nitrogens with zero attached hydrogens (tertiary/aromatic N) is 1. The van der Waals surface area contributed by atoms with Gasteiger partial charge in [0.05, 0.1) is 18.3 Å². The van der Waals surface area contributed by atoms with E-state index in [1.165, 1.54) is 5.56 Å². The number of rotatable bonds is 10. The summed E-state index contributed by atoms with van der Waals surface area (Å²) < 4.78 is 12.8. The molecule has 36 heavy (non-hydrogen) atoms. The first-order valence-electron chi connectivity index (χ1n) is 12.5. The second-order valence-corrected chi connectivity index (χ2v) is 11.0. The average molecular weight is 514 g/mol. The molecule has 2 fully saturated rings. The molecular weight excluding hydrogens is 486 g/mol. The Morgan fingerprint density at radius 1 is 0.917 bits per heavy atom. The number of benzene rings is 3. The van der Waals surface area contributed by atoms with Crippen molar-refractivity contribution in [3.8, 4) is 16.9 Å². The highest BCUT2D eigenvalue weighted by Crippen LogP contribution is 2.53. The zero-order valence-corrected chi connectivity index (χ0v) is 21.6. The molecule has 4 aromatic rings. The molecule has 0 amide bonds. The van der Waals surface area contributed by atoms with Gasteiger partial charge in [-0.15, -0.1) is 11.8 Å². The molecule has 0 bridgehead atoms. The van der Waals surface area contributed by atoms with Crippen molar-refractivity contribution in [2.75, 3.05) is 0 Å². The summed E-state index contributed by atoms with van der Waals surface area (Å²) in [6.45, 7) is 0.469. The van der Waals surface area contributed by atoms with Gasteiger partial charge in [-0.3, -0.25) is 4.98 Å². The Morgan fingerprint density at radius 3 is 2.50 bits per heavy atom. The maximum atomic E-state index is 6.69. The highest BCUT2D eigenvalue weighted by atomic mass is 35.5. The molecule has 3 aromatic carbocycles. The first-order valence-corrected chi connectivity index (χ1v) is 13.9. The zero-order chi connectivity index (χ0) is 24.4. The summed E-state index contributed by atoms with van der Waals surface area (Å²) >= 11 is 8.48. The molecule has 3 nitrogen and oxygen atoms in total. The quantitative estimate of drug-likeness (QED) is 0.199. The molecule has 182 valence electrons. The monoisotopic (exact) mass is 513 g/mol. The van der Waals surface area contributed by atoms with Gasteiger partial charge in [-0.05, 0) is 66.6 Å². The predicted octanol–water partition coefficient (Wildman–Crippen LogP) is 8.44. The molecule has 0 radical (unpaired) electrons. The Bertz CT molecular complexity index is 1350. The van der Waals surface area contributed by atoms with E-state index in [1.807, 2.05) is 30.6 Å². The topological polar surface area (TPSA) is 31.4 Å². The van der Waals surface area contributed by atoms with Crippen LogP contribution < -0.4 is 4.74 Å². The van der Waals surface area contributed by atoms with Crippen LogP contribution in [-0.4, -0.2) is 11.1 Å². The lowest BCUT2D eigenvalue weighted by atomic mass is 9.96. The largest absolute Gasteiger partial charge is 0.490 e. The van der Waals surface area contributed by atoms with Crippen molar-refractivity contribution in [1.29, 1.82) is 0 Å². The van der Waals surface area contributed by atoms with Crippen molar-refractivity contribution < 1.29 is 9.47 Å². The number of hydrogen-bond acceptors (Lipinski definition) is 4. The van der Waals surface area contributed by atoms with E-state index < -0.39 is 0 Å². The molecule has 2 saturated carbocycles. The third kappa shape index (κ3) is 5.31. The number of halogens is 1. The molecule has 1 heterocycles. The van der Waals surface area contributed by atoms with E-state index in [4.69, 9.17) is 21.1 Å². The fourth-order valence-corrected chi connectivity index (χ4v) is 5.64. The minimum absolute atomic E-state index is 0.333. The maximum Gasteiger partial charge on any atom is 0.127 e. The Hall–Kier alpha value is -2.79. The third-order valence-electron chi connectivity index (χ3n) is 6.79. The van der Waals surface area contributed by atoms with Crippen molar-refractivity contribution in [2.24, 2.45) is 0 Å². The van der Waals surface area contributed by atoms with E-state index in [0.29, 0.717) is 12.7 Å². The van der Waals surface area contributed by atoms with Gasteiger partial charge in [-0.2, -0.15) is 0 Å². The van der Waals surface area contributed by atoms with Crippen LogP contribution in [0.3, 0.4) is 0 Å². The first-order chi connectivity index (χ1) is 17.7. The van der Waals surface area contributed by atoms with Gasteiger partial charge in [0, 0.05) is 39.2 Å². The van der Waals surface area contributed by atoms with Gasteiger partial charge >= 0.3 is 0 Å². The normalized spacial score (nSPS) is 16.0. The fraction of sp³-hybridized carbons (Fsp3) is 0.258. The van der Waals surface area contributed by atoms with E-state index in [9.17, 15) is 0 Å². The lowest BCUT2D eigenvalue weighted by Gasteiger charge is -2.22.